The van der Waals surface area contributed by atoms with Crippen molar-refractivity contribution in [3.05, 3.63) is 46.2 Å². The summed E-state index contributed by atoms with van der Waals surface area (Å²) in [5.41, 5.74) is 3.55. The fraction of sp³-hybridized carbons (Fsp3) is 0.154. The molecule has 18 heavy (non-hydrogen) atoms. The summed E-state index contributed by atoms with van der Waals surface area (Å²) >= 11 is 0. The van der Waals surface area contributed by atoms with Gasteiger partial charge in [0.25, 0.3) is 5.56 Å². The average molecular weight is 240 g/mol. The molecule has 0 bridgehead atoms. The van der Waals surface area contributed by atoms with Gasteiger partial charge < -0.3 is 4.98 Å². The maximum atomic E-state index is 11.0. The molecule has 1 aromatic carbocycles. The maximum Gasteiger partial charge on any atom is 0.264 e. The normalized spacial score (nSPS) is 10.9. The molecule has 5 heteroatoms. The number of aryl methyl sites for hydroxylation is 1. The van der Waals surface area contributed by atoms with Gasteiger partial charge in [0.2, 0.25) is 0 Å². The molecule has 0 aliphatic heterocycles. The van der Waals surface area contributed by atoms with Crippen LogP contribution in [0.3, 0.4) is 0 Å². The van der Waals surface area contributed by atoms with Gasteiger partial charge in [0.1, 0.15) is 5.69 Å². The van der Waals surface area contributed by atoms with Crippen molar-refractivity contribution in [1.82, 2.24) is 20.2 Å². The van der Waals surface area contributed by atoms with E-state index in [4.69, 9.17) is 0 Å². The summed E-state index contributed by atoms with van der Waals surface area (Å²) in [7, 11) is 0. The second kappa shape index (κ2) is 4.10. The fourth-order valence-corrected chi connectivity index (χ4v) is 1.87. The van der Waals surface area contributed by atoms with E-state index in [-0.39, 0.29) is 5.56 Å². The first-order valence-corrected chi connectivity index (χ1v) is 5.81. The zero-order chi connectivity index (χ0) is 12.5. The number of nitrogens with one attached hydrogen (secondary N) is 2. The van der Waals surface area contributed by atoms with E-state index >= 15 is 0 Å². The lowest BCUT2D eigenvalue weighted by atomic mass is 10.1. The van der Waals surface area contributed by atoms with Crippen LogP contribution in [0.1, 0.15) is 12.5 Å². The number of hydrogen-bond acceptors (Lipinski definition) is 3. The van der Waals surface area contributed by atoms with Gasteiger partial charge in [-0.3, -0.25) is 4.79 Å². The molecule has 0 saturated carbocycles. The van der Waals surface area contributed by atoms with Crippen LogP contribution in [-0.2, 0) is 6.42 Å². The number of hydrogen-bond donors (Lipinski definition) is 2. The van der Waals surface area contributed by atoms with Gasteiger partial charge in [-0.2, -0.15) is 5.10 Å². The Morgan fingerprint density at radius 1 is 1.22 bits per heavy atom. The van der Waals surface area contributed by atoms with Crippen molar-refractivity contribution in [2.24, 2.45) is 0 Å². The Balaban J connectivity index is 2.12. The number of aromatic amines is 2. The van der Waals surface area contributed by atoms with Crippen molar-refractivity contribution in [2.75, 3.05) is 0 Å². The van der Waals surface area contributed by atoms with Gasteiger partial charge in [0, 0.05) is 6.07 Å². The second-order valence-electron chi connectivity index (χ2n) is 4.10. The van der Waals surface area contributed by atoms with E-state index in [1.54, 1.807) is 6.07 Å². The van der Waals surface area contributed by atoms with E-state index in [2.05, 4.69) is 39.2 Å². The summed E-state index contributed by atoms with van der Waals surface area (Å²) in [6, 6.07) is 9.22. The molecule has 0 atom stereocenters. The highest BCUT2D eigenvalue weighted by Crippen LogP contribution is 2.19. The predicted molar refractivity (Wildman–Crippen MR) is 69.3 cm³/mol. The topological polar surface area (TPSA) is 74.4 Å². The molecule has 0 saturated heterocycles. The summed E-state index contributed by atoms with van der Waals surface area (Å²) in [5.74, 6) is 0.662. The molecule has 5 nitrogen and oxygen atoms in total. The minimum absolute atomic E-state index is 0.219. The van der Waals surface area contributed by atoms with Gasteiger partial charge in [-0.05, 0) is 30.2 Å². The average Bonchev–Trinajstić information content (AvgIpc) is 2.82. The molecule has 2 heterocycles. The fourth-order valence-electron chi connectivity index (χ4n) is 1.87. The quantitative estimate of drug-likeness (QED) is 0.718. The van der Waals surface area contributed by atoms with Crippen LogP contribution in [-0.4, -0.2) is 20.2 Å². The molecule has 3 aromatic rings. The van der Waals surface area contributed by atoms with Crippen LogP contribution < -0.4 is 5.56 Å². The van der Waals surface area contributed by atoms with Gasteiger partial charge in [-0.15, -0.1) is 0 Å². The Labute approximate surface area is 103 Å². The summed E-state index contributed by atoms with van der Waals surface area (Å²) in [5, 5.41) is 6.35. The standard InChI is InChI=1S/C13H12N4O/c1-2-8-3-4-9-11(7-8)15-13(14-9)10-5-6-12(18)17-16-10/h3-7H,2H2,1H3,(H,14,15)(H,17,18). The van der Waals surface area contributed by atoms with Gasteiger partial charge in [0.15, 0.2) is 5.82 Å². The predicted octanol–water partition coefficient (Wildman–Crippen LogP) is 1.88. The van der Waals surface area contributed by atoms with Gasteiger partial charge in [-0.25, -0.2) is 10.1 Å². The molecule has 0 amide bonds. The number of nitrogens with zero attached hydrogens (tertiary/aromatic N) is 2. The minimum Gasteiger partial charge on any atom is -0.337 e. The molecule has 0 spiro atoms. The Kier molecular flexibility index (Phi) is 2.44. The van der Waals surface area contributed by atoms with Crippen LogP contribution in [0.15, 0.2) is 35.1 Å². The van der Waals surface area contributed by atoms with E-state index in [1.165, 1.54) is 11.6 Å². The third-order valence-corrected chi connectivity index (χ3v) is 2.88. The second-order valence-corrected chi connectivity index (χ2v) is 4.10. The molecular formula is C13H12N4O. The molecular weight excluding hydrogens is 228 g/mol. The van der Waals surface area contributed by atoms with E-state index < -0.39 is 0 Å². The molecule has 0 aliphatic rings. The van der Waals surface area contributed by atoms with Crippen LogP contribution in [0.2, 0.25) is 0 Å². The Morgan fingerprint density at radius 2 is 2.11 bits per heavy atom. The number of benzene rings is 1. The lowest BCUT2D eigenvalue weighted by Gasteiger charge is -1.94. The Morgan fingerprint density at radius 3 is 2.83 bits per heavy atom. The molecule has 0 fully saturated rings. The molecule has 3 rings (SSSR count). The highest BCUT2D eigenvalue weighted by Gasteiger charge is 2.06. The van der Waals surface area contributed by atoms with Crippen LogP contribution in [0.5, 0.6) is 0 Å². The van der Waals surface area contributed by atoms with Gasteiger partial charge in [0.05, 0.1) is 11.0 Å². The maximum absolute atomic E-state index is 11.0. The van der Waals surface area contributed by atoms with E-state index in [9.17, 15) is 4.79 Å². The summed E-state index contributed by atoms with van der Waals surface area (Å²) in [6.45, 7) is 2.11. The monoisotopic (exact) mass is 240 g/mol. The summed E-state index contributed by atoms with van der Waals surface area (Å²) in [6.07, 6.45) is 0.987. The van der Waals surface area contributed by atoms with E-state index in [0.717, 1.165) is 17.5 Å². The first-order valence-electron chi connectivity index (χ1n) is 5.81. The van der Waals surface area contributed by atoms with Crippen molar-refractivity contribution in [2.45, 2.75) is 13.3 Å². The van der Waals surface area contributed by atoms with E-state index in [1.807, 2.05) is 6.07 Å². The third kappa shape index (κ3) is 1.79. The number of aromatic nitrogens is 4. The molecule has 2 N–H and O–H groups in total. The van der Waals surface area contributed by atoms with Gasteiger partial charge in [-0.1, -0.05) is 13.0 Å². The van der Waals surface area contributed by atoms with Crippen molar-refractivity contribution >= 4 is 11.0 Å². The number of fused-ring (bicyclic) bond motifs is 1. The number of rotatable bonds is 2. The summed E-state index contributed by atoms with van der Waals surface area (Å²) in [4.78, 5) is 18.6. The molecule has 0 radical (unpaired) electrons. The zero-order valence-corrected chi connectivity index (χ0v) is 9.90. The molecule has 2 aromatic heterocycles. The highest BCUT2D eigenvalue weighted by molar-refractivity contribution is 5.79. The van der Waals surface area contributed by atoms with Crippen molar-refractivity contribution in [3.8, 4) is 11.5 Å². The molecule has 90 valence electrons. The SMILES string of the molecule is CCc1ccc2nc(-c3ccc(=O)[nH]n3)[nH]c2c1. The van der Waals surface area contributed by atoms with Crippen LogP contribution in [0.4, 0.5) is 0 Å². The Hall–Kier alpha value is -2.43. The van der Waals surface area contributed by atoms with Crippen LogP contribution in [0.25, 0.3) is 22.6 Å². The molecule has 0 unspecified atom stereocenters. The smallest absolute Gasteiger partial charge is 0.264 e. The lowest BCUT2D eigenvalue weighted by molar-refractivity contribution is 0.985. The number of H-pyrrole nitrogens is 2. The van der Waals surface area contributed by atoms with Crippen LogP contribution >= 0.6 is 0 Å². The first kappa shape index (κ1) is 10.7. The van der Waals surface area contributed by atoms with Crippen LogP contribution in [0, 0.1) is 0 Å². The number of imidazole rings is 1. The van der Waals surface area contributed by atoms with Crippen molar-refractivity contribution in [3.63, 3.8) is 0 Å². The highest BCUT2D eigenvalue weighted by atomic mass is 16.1. The summed E-state index contributed by atoms with van der Waals surface area (Å²) < 4.78 is 0. The lowest BCUT2D eigenvalue weighted by Crippen LogP contribution is -2.05. The van der Waals surface area contributed by atoms with Crippen molar-refractivity contribution < 1.29 is 0 Å². The van der Waals surface area contributed by atoms with E-state index in [0.29, 0.717) is 11.5 Å². The Bertz CT molecular complexity index is 737. The minimum atomic E-state index is -0.219. The van der Waals surface area contributed by atoms with Crippen molar-refractivity contribution in [1.29, 1.82) is 0 Å². The zero-order valence-electron chi connectivity index (χ0n) is 9.90. The third-order valence-electron chi connectivity index (χ3n) is 2.88. The largest absolute Gasteiger partial charge is 0.337 e. The van der Waals surface area contributed by atoms with Gasteiger partial charge >= 0.3 is 0 Å². The molecule has 0 aliphatic carbocycles. The first-order chi connectivity index (χ1) is 8.76.